The number of nitrogens with zero attached hydrogens (tertiary/aromatic N) is 2. The number of para-hydroxylation sites is 1. The molecular weight excluding hydrogens is 398 g/mol. The molecule has 4 rings (SSSR count). The fraction of sp³-hybridized carbons (Fsp3) is 0.318. The van der Waals surface area contributed by atoms with E-state index in [1.165, 1.54) is 0 Å². The molecule has 2 aromatic rings. The number of hydrogen-bond donors (Lipinski definition) is 3. The molecule has 4 amide bonds. The SMILES string of the molecule is CN1CCN(C(=O)c2ccc(CNC(=O)Nc3cccc4c3OCC(=O)N4)cc2)CC1. The number of nitrogens with one attached hydrogen (secondary N) is 3. The molecule has 31 heavy (non-hydrogen) atoms. The number of amides is 4. The molecule has 162 valence electrons. The van der Waals surface area contributed by atoms with Crippen LogP contribution in [-0.4, -0.2) is 67.5 Å². The van der Waals surface area contributed by atoms with Crippen molar-refractivity contribution in [2.75, 3.05) is 50.5 Å². The van der Waals surface area contributed by atoms with Gasteiger partial charge in [0.2, 0.25) is 0 Å². The third-order valence-electron chi connectivity index (χ3n) is 5.33. The molecule has 0 radical (unpaired) electrons. The lowest BCUT2D eigenvalue weighted by molar-refractivity contribution is -0.118. The first kappa shape index (κ1) is 20.7. The van der Waals surface area contributed by atoms with Crippen LogP contribution in [0.3, 0.4) is 0 Å². The van der Waals surface area contributed by atoms with Gasteiger partial charge in [-0.15, -0.1) is 0 Å². The highest BCUT2D eigenvalue weighted by Crippen LogP contribution is 2.35. The van der Waals surface area contributed by atoms with E-state index in [1.54, 1.807) is 30.3 Å². The molecule has 0 aliphatic carbocycles. The predicted octanol–water partition coefficient (Wildman–Crippen LogP) is 1.73. The summed E-state index contributed by atoms with van der Waals surface area (Å²) in [6, 6.07) is 12.0. The van der Waals surface area contributed by atoms with E-state index in [0.29, 0.717) is 29.2 Å². The molecule has 0 atom stereocenters. The zero-order valence-corrected chi connectivity index (χ0v) is 17.3. The van der Waals surface area contributed by atoms with Crippen LogP contribution >= 0.6 is 0 Å². The molecule has 1 saturated heterocycles. The number of benzene rings is 2. The smallest absolute Gasteiger partial charge is 0.319 e. The van der Waals surface area contributed by atoms with Crippen molar-refractivity contribution in [3.05, 3.63) is 53.6 Å². The van der Waals surface area contributed by atoms with E-state index in [-0.39, 0.29) is 18.4 Å². The highest BCUT2D eigenvalue weighted by Gasteiger charge is 2.21. The maximum atomic E-state index is 12.6. The van der Waals surface area contributed by atoms with Crippen LogP contribution in [-0.2, 0) is 11.3 Å². The summed E-state index contributed by atoms with van der Waals surface area (Å²) in [6.45, 7) is 3.44. The van der Waals surface area contributed by atoms with Crippen LogP contribution < -0.4 is 20.7 Å². The van der Waals surface area contributed by atoms with E-state index in [1.807, 2.05) is 17.0 Å². The maximum absolute atomic E-state index is 12.6. The Hall–Kier alpha value is -3.59. The average molecular weight is 423 g/mol. The van der Waals surface area contributed by atoms with Gasteiger partial charge in [-0.2, -0.15) is 0 Å². The predicted molar refractivity (Wildman–Crippen MR) is 116 cm³/mol. The van der Waals surface area contributed by atoms with Gasteiger partial charge in [-0.3, -0.25) is 9.59 Å². The van der Waals surface area contributed by atoms with Crippen molar-refractivity contribution >= 4 is 29.2 Å². The molecule has 9 nitrogen and oxygen atoms in total. The van der Waals surface area contributed by atoms with Crippen LogP contribution in [0.15, 0.2) is 42.5 Å². The molecule has 0 aromatic heterocycles. The molecule has 2 aliphatic heterocycles. The van der Waals surface area contributed by atoms with Gasteiger partial charge >= 0.3 is 6.03 Å². The normalized spacial score (nSPS) is 16.0. The minimum absolute atomic E-state index is 0.0336. The van der Waals surface area contributed by atoms with Crippen LogP contribution in [0.1, 0.15) is 15.9 Å². The molecule has 9 heteroatoms. The molecule has 2 aromatic carbocycles. The number of piperazine rings is 1. The summed E-state index contributed by atoms with van der Waals surface area (Å²) in [5, 5.41) is 8.23. The Kier molecular flexibility index (Phi) is 6.03. The standard InChI is InChI=1S/C22H25N5O4/c1-26-9-11-27(12-10-26)21(29)16-7-5-15(6-8-16)13-23-22(30)25-18-4-2-3-17-20(18)31-14-19(28)24-17/h2-8H,9-14H2,1H3,(H,24,28)(H2,23,25,30). The molecule has 1 fully saturated rings. The Morgan fingerprint density at radius 2 is 1.81 bits per heavy atom. The van der Waals surface area contributed by atoms with E-state index in [2.05, 4.69) is 27.9 Å². The van der Waals surface area contributed by atoms with Gasteiger partial charge in [0.25, 0.3) is 11.8 Å². The van der Waals surface area contributed by atoms with Crippen molar-refractivity contribution in [1.29, 1.82) is 0 Å². The Labute approximate surface area is 180 Å². The monoisotopic (exact) mass is 423 g/mol. The molecule has 0 bridgehead atoms. The number of carbonyl (C=O) groups excluding carboxylic acids is 3. The number of urea groups is 1. The summed E-state index contributed by atoms with van der Waals surface area (Å²) in [5.41, 5.74) is 2.52. The van der Waals surface area contributed by atoms with E-state index >= 15 is 0 Å². The summed E-state index contributed by atoms with van der Waals surface area (Å²) in [7, 11) is 2.05. The minimum Gasteiger partial charge on any atom is -0.479 e. The number of rotatable bonds is 4. The lowest BCUT2D eigenvalue weighted by atomic mass is 10.1. The minimum atomic E-state index is -0.397. The zero-order chi connectivity index (χ0) is 21.8. The largest absolute Gasteiger partial charge is 0.479 e. The first-order valence-corrected chi connectivity index (χ1v) is 10.2. The zero-order valence-electron chi connectivity index (χ0n) is 17.3. The quantitative estimate of drug-likeness (QED) is 0.695. The lowest BCUT2D eigenvalue weighted by Crippen LogP contribution is -2.47. The number of likely N-dealkylation sites (N-methyl/N-ethyl adjacent to an activating group) is 1. The van der Waals surface area contributed by atoms with Crippen molar-refractivity contribution in [3.63, 3.8) is 0 Å². The van der Waals surface area contributed by atoms with Crippen LogP contribution in [0.2, 0.25) is 0 Å². The fourth-order valence-electron chi connectivity index (χ4n) is 3.52. The maximum Gasteiger partial charge on any atom is 0.319 e. The summed E-state index contributed by atoms with van der Waals surface area (Å²) in [5.74, 6) is 0.235. The van der Waals surface area contributed by atoms with E-state index < -0.39 is 6.03 Å². The van der Waals surface area contributed by atoms with Gasteiger partial charge < -0.3 is 30.5 Å². The Bertz CT molecular complexity index is 984. The Balaban J connectivity index is 1.31. The highest BCUT2D eigenvalue weighted by molar-refractivity contribution is 5.99. The Morgan fingerprint density at radius 1 is 1.06 bits per heavy atom. The molecule has 0 unspecified atom stereocenters. The summed E-state index contributed by atoms with van der Waals surface area (Å²) in [6.07, 6.45) is 0. The van der Waals surface area contributed by atoms with Crippen LogP contribution in [0, 0.1) is 0 Å². The second-order valence-corrected chi connectivity index (χ2v) is 7.62. The van der Waals surface area contributed by atoms with Crippen molar-refractivity contribution in [2.45, 2.75) is 6.54 Å². The number of carbonyl (C=O) groups is 3. The Morgan fingerprint density at radius 3 is 2.55 bits per heavy atom. The number of anilines is 2. The summed E-state index contributed by atoms with van der Waals surface area (Å²) in [4.78, 5) is 40.4. The molecule has 0 spiro atoms. The van der Waals surface area contributed by atoms with Crippen molar-refractivity contribution in [1.82, 2.24) is 15.1 Å². The topological polar surface area (TPSA) is 103 Å². The van der Waals surface area contributed by atoms with Crippen LogP contribution in [0.4, 0.5) is 16.2 Å². The fourth-order valence-corrected chi connectivity index (χ4v) is 3.52. The summed E-state index contributed by atoms with van der Waals surface area (Å²) < 4.78 is 5.43. The van der Waals surface area contributed by atoms with E-state index in [4.69, 9.17) is 4.74 Å². The number of fused-ring (bicyclic) bond motifs is 1. The van der Waals surface area contributed by atoms with E-state index in [0.717, 1.165) is 31.7 Å². The van der Waals surface area contributed by atoms with Crippen molar-refractivity contribution < 1.29 is 19.1 Å². The molecule has 3 N–H and O–H groups in total. The van der Waals surface area contributed by atoms with Crippen LogP contribution in [0.5, 0.6) is 5.75 Å². The average Bonchev–Trinajstić information content (AvgIpc) is 2.78. The number of ether oxygens (including phenoxy) is 1. The van der Waals surface area contributed by atoms with Crippen LogP contribution in [0.25, 0.3) is 0 Å². The van der Waals surface area contributed by atoms with Gasteiger partial charge in [0.05, 0.1) is 11.4 Å². The van der Waals surface area contributed by atoms with Gasteiger partial charge in [0.1, 0.15) is 0 Å². The number of hydrogen-bond acceptors (Lipinski definition) is 5. The van der Waals surface area contributed by atoms with Gasteiger partial charge in [-0.1, -0.05) is 18.2 Å². The van der Waals surface area contributed by atoms with Gasteiger partial charge in [-0.25, -0.2) is 4.79 Å². The first-order chi connectivity index (χ1) is 15.0. The summed E-state index contributed by atoms with van der Waals surface area (Å²) >= 11 is 0. The van der Waals surface area contributed by atoms with Gasteiger partial charge in [-0.05, 0) is 36.9 Å². The third kappa shape index (κ3) is 4.95. The van der Waals surface area contributed by atoms with E-state index in [9.17, 15) is 14.4 Å². The third-order valence-corrected chi connectivity index (χ3v) is 5.33. The van der Waals surface area contributed by atoms with Crippen molar-refractivity contribution in [3.8, 4) is 5.75 Å². The molecular formula is C22H25N5O4. The molecule has 2 aliphatic rings. The second-order valence-electron chi connectivity index (χ2n) is 7.62. The van der Waals surface area contributed by atoms with Gasteiger partial charge in [0.15, 0.2) is 12.4 Å². The van der Waals surface area contributed by atoms with Crippen molar-refractivity contribution in [2.24, 2.45) is 0 Å². The molecule has 2 heterocycles. The lowest BCUT2D eigenvalue weighted by Gasteiger charge is -2.32. The highest BCUT2D eigenvalue weighted by atomic mass is 16.5. The first-order valence-electron chi connectivity index (χ1n) is 10.2. The van der Waals surface area contributed by atoms with Gasteiger partial charge in [0, 0.05) is 38.3 Å². The second kappa shape index (κ2) is 9.05. The molecule has 0 saturated carbocycles.